The van der Waals surface area contributed by atoms with Gasteiger partial charge in [0, 0.05) is 16.9 Å². The molecule has 106 valence electrons. The Hall–Kier alpha value is -2.57. The summed E-state index contributed by atoms with van der Waals surface area (Å²) in [5, 5.41) is 9.53. The zero-order valence-electron chi connectivity index (χ0n) is 11.9. The monoisotopic (exact) mass is 302 g/mol. The molecular weight excluding hydrogens is 288 g/mol. The zero-order valence-corrected chi connectivity index (χ0v) is 12.8. The number of hydrogen-bond donors (Lipinski definition) is 1. The molecule has 0 aliphatic heterocycles. The summed E-state index contributed by atoms with van der Waals surface area (Å²) in [6, 6.07) is 24.0. The lowest BCUT2D eigenvalue weighted by Crippen LogP contribution is -1.98. The molecule has 0 fully saturated rings. The molecular formula is C19H14N2S. The molecule has 1 heterocycles. The van der Waals surface area contributed by atoms with Crippen LogP contribution in [0.4, 0.5) is 0 Å². The van der Waals surface area contributed by atoms with Gasteiger partial charge < -0.3 is 0 Å². The molecule has 22 heavy (non-hydrogen) atoms. The van der Waals surface area contributed by atoms with Gasteiger partial charge >= 0.3 is 0 Å². The Morgan fingerprint density at radius 1 is 0.909 bits per heavy atom. The number of hydrogen-bond acceptors (Lipinski definition) is 3. The fourth-order valence-corrected chi connectivity index (χ4v) is 2.66. The van der Waals surface area contributed by atoms with Crippen LogP contribution in [0.5, 0.6) is 0 Å². The van der Waals surface area contributed by atoms with Crippen LogP contribution in [0.3, 0.4) is 0 Å². The van der Waals surface area contributed by atoms with Crippen molar-refractivity contribution in [2.75, 3.05) is 0 Å². The minimum absolute atomic E-state index is 0.505. The van der Waals surface area contributed by atoms with Gasteiger partial charge in [0.1, 0.15) is 6.07 Å². The second kappa shape index (κ2) is 6.46. The number of thiol groups is 1. The molecule has 0 aliphatic rings. The summed E-state index contributed by atoms with van der Waals surface area (Å²) >= 11 is 4.37. The van der Waals surface area contributed by atoms with E-state index in [-0.39, 0.29) is 0 Å². The molecule has 2 nitrogen and oxygen atoms in total. The molecule has 0 saturated carbocycles. The minimum atomic E-state index is 0.505. The van der Waals surface area contributed by atoms with E-state index in [0.717, 1.165) is 22.4 Å². The van der Waals surface area contributed by atoms with E-state index in [0.29, 0.717) is 17.0 Å². The maximum absolute atomic E-state index is 9.53. The van der Waals surface area contributed by atoms with E-state index >= 15 is 0 Å². The quantitative estimate of drug-likeness (QED) is 0.711. The molecule has 0 radical (unpaired) electrons. The Balaban J connectivity index is 2.26. The highest BCUT2D eigenvalue weighted by molar-refractivity contribution is 7.79. The average Bonchev–Trinajstić information content (AvgIpc) is 2.62. The predicted octanol–water partition coefficient (Wildman–Crippen LogP) is 4.72. The molecule has 0 saturated heterocycles. The van der Waals surface area contributed by atoms with Gasteiger partial charge in [-0.25, -0.2) is 4.98 Å². The van der Waals surface area contributed by atoms with Crippen LogP contribution in [0.1, 0.15) is 11.1 Å². The van der Waals surface area contributed by atoms with Crippen LogP contribution in [0.15, 0.2) is 66.7 Å². The third kappa shape index (κ3) is 2.74. The molecule has 0 unspecified atom stereocenters. The van der Waals surface area contributed by atoms with Crippen LogP contribution < -0.4 is 0 Å². The van der Waals surface area contributed by atoms with E-state index in [1.807, 2.05) is 66.7 Å². The Kier molecular flexibility index (Phi) is 4.22. The molecule has 0 N–H and O–H groups in total. The van der Waals surface area contributed by atoms with Crippen LogP contribution >= 0.6 is 12.6 Å². The van der Waals surface area contributed by atoms with E-state index < -0.39 is 0 Å². The van der Waals surface area contributed by atoms with Crippen molar-refractivity contribution in [2.45, 2.75) is 5.75 Å². The third-order valence-corrected chi connectivity index (χ3v) is 3.84. The summed E-state index contributed by atoms with van der Waals surface area (Å²) < 4.78 is 0. The van der Waals surface area contributed by atoms with E-state index in [1.165, 1.54) is 0 Å². The number of nitriles is 1. The second-order valence-corrected chi connectivity index (χ2v) is 5.21. The highest BCUT2D eigenvalue weighted by atomic mass is 32.1. The van der Waals surface area contributed by atoms with Crippen LogP contribution in [-0.4, -0.2) is 4.98 Å². The van der Waals surface area contributed by atoms with Gasteiger partial charge in [-0.1, -0.05) is 60.7 Å². The maximum Gasteiger partial charge on any atom is 0.102 e. The SMILES string of the molecule is N#Cc1c(CS)cc(-c2ccccc2)nc1-c1ccccc1. The van der Waals surface area contributed by atoms with Gasteiger partial charge in [0.2, 0.25) is 0 Å². The lowest BCUT2D eigenvalue weighted by atomic mass is 9.99. The molecule has 1 aromatic heterocycles. The molecule has 3 heteroatoms. The first-order chi connectivity index (χ1) is 10.8. The predicted molar refractivity (Wildman–Crippen MR) is 92.5 cm³/mol. The van der Waals surface area contributed by atoms with E-state index in [9.17, 15) is 5.26 Å². The van der Waals surface area contributed by atoms with Crippen LogP contribution in [0.2, 0.25) is 0 Å². The van der Waals surface area contributed by atoms with E-state index in [2.05, 4.69) is 18.7 Å². The van der Waals surface area contributed by atoms with Gasteiger partial charge in [-0.3, -0.25) is 0 Å². The maximum atomic E-state index is 9.53. The average molecular weight is 302 g/mol. The highest BCUT2D eigenvalue weighted by Crippen LogP contribution is 2.29. The smallest absolute Gasteiger partial charge is 0.102 e. The molecule has 0 aliphatic carbocycles. The largest absolute Gasteiger partial charge is 0.246 e. The number of nitrogens with zero attached hydrogens (tertiary/aromatic N) is 2. The molecule has 0 spiro atoms. The summed E-state index contributed by atoms with van der Waals surface area (Å²) in [7, 11) is 0. The summed E-state index contributed by atoms with van der Waals surface area (Å²) in [5.41, 5.74) is 5.06. The molecule has 3 aromatic rings. The van der Waals surface area contributed by atoms with Crippen molar-refractivity contribution in [3.8, 4) is 28.6 Å². The molecule has 0 amide bonds. The lowest BCUT2D eigenvalue weighted by Gasteiger charge is -2.11. The van der Waals surface area contributed by atoms with Crippen LogP contribution in [-0.2, 0) is 5.75 Å². The summed E-state index contributed by atoms with van der Waals surface area (Å²) in [6.07, 6.45) is 0. The molecule has 3 rings (SSSR count). The molecule has 0 atom stereocenters. The fourth-order valence-electron chi connectivity index (χ4n) is 2.41. The first-order valence-corrected chi connectivity index (χ1v) is 7.62. The fraction of sp³-hybridized carbons (Fsp3) is 0.0526. The first-order valence-electron chi connectivity index (χ1n) is 6.99. The number of pyridine rings is 1. The minimum Gasteiger partial charge on any atom is -0.246 e. The van der Waals surface area contributed by atoms with Gasteiger partial charge in [0.15, 0.2) is 0 Å². The standard InChI is InChI=1S/C19H14N2S/c20-12-17-16(13-22)11-18(14-7-3-1-4-8-14)21-19(17)15-9-5-2-6-10-15/h1-11,22H,13H2. The summed E-state index contributed by atoms with van der Waals surface area (Å²) in [5.74, 6) is 0.505. The number of rotatable bonds is 3. The third-order valence-electron chi connectivity index (χ3n) is 3.50. The van der Waals surface area contributed by atoms with Crippen molar-refractivity contribution in [3.05, 3.63) is 77.9 Å². The van der Waals surface area contributed by atoms with Gasteiger partial charge in [-0.05, 0) is 11.6 Å². The van der Waals surface area contributed by atoms with Crippen LogP contribution in [0, 0.1) is 11.3 Å². The van der Waals surface area contributed by atoms with Gasteiger partial charge in [0.05, 0.1) is 17.0 Å². The van der Waals surface area contributed by atoms with Gasteiger partial charge in [-0.2, -0.15) is 17.9 Å². The zero-order chi connectivity index (χ0) is 15.4. The normalized spacial score (nSPS) is 10.2. The molecule has 0 bridgehead atoms. The van der Waals surface area contributed by atoms with E-state index in [1.54, 1.807) is 0 Å². The van der Waals surface area contributed by atoms with Crippen molar-refractivity contribution < 1.29 is 0 Å². The van der Waals surface area contributed by atoms with E-state index in [4.69, 9.17) is 4.98 Å². The topological polar surface area (TPSA) is 36.7 Å². The Bertz CT molecular complexity index is 821. The summed E-state index contributed by atoms with van der Waals surface area (Å²) in [6.45, 7) is 0. The Labute approximate surface area is 135 Å². The summed E-state index contributed by atoms with van der Waals surface area (Å²) in [4.78, 5) is 4.74. The first kappa shape index (κ1) is 14.4. The highest BCUT2D eigenvalue weighted by Gasteiger charge is 2.14. The van der Waals surface area contributed by atoms with Gasteiger partial charge in [-0.15, -0.1) is 0 Å². The van der Waals surface area contributed by atoms with Crippen LogP contribution in [0.25, 0.3) is 22.5 Å². The van der Waals surface area contributed by atoms with Crippen molar-refractivity contribution in [1.82, 2.24) is 4.98 Å². The van der Waals surface area contributed by atoms with Crippen molar-refractivity contribution in [3.63, 3.8) is 0 Å². The Morgan fingerprint density at radius 3 is 2.05 bits per heavy atom. The van der Waals surface area contributed by atoms with Gasteiger partial charge in [0.25, 0.3) is 0 Å². The van der Waals surface area contributed by atoms with Crippen molar-refractivity contribution >= 4 is 12.6 Å². The Morgan fingerprint density at radius 2 is 1.50 bits per heavy atom. The van der Waals surface area contributed by atoms with Crippen molar-refractivity contribution in [2.24, 2.45) is 0 Å². The number of benzene rings is 2. The van der Waals surface area contributed by atoms with Crippen molar-refractivity contribution in [1.29, 1.82) is 5.26 Å². The second-order valence-electron chi connectivity index (χ2n) is 4.89. The molecule has 2 aromatic carbocycles. The lowest BCUT2D eigenvalue weighted by molar-refractivity contribution is 1.25. The number of aromatic nitrogens is 1.